The van der Waals surface area contributed by atoms with Crippen LogP contribution in [0.5, 0.6) is 0 Å². The van der Waals surface area contributed by atoms with Gasteiger partial charge in [0.2, 0.25) is 0 Å². The van der Waals surface area contributed by atoms with Crippen molar-refractivity contribution in [3.05, 3.63) is 24.0 Å². The largest absolute Gasteiger partial charge is 0.386 e. The molecule has 100 valence electrons. The molecular formula is C13H22N4O. The van der Waals surface area contributed by atoms with Crippen molar-refractivity contribution < 1.29 is 4.79 Å². The van der Waals surface area contributed by atoms with Crippen molar-refractivity contribution >= 4 is 11.6 Å². The lowest BCUT2D eigenvalue weighted by molar-refractivity contribution is 0.0953. The van der Waals surface area contributed by atoms with Gasteiger partial charge >= 0.3 is 0 Å². The fourth-order valence-electron chi connectivity index (χ4n) is 1.64. The zero-order valence-corrected chi connectivity index (χ0v) is 11.4. The molecule has 0 radical (unpaired) electrons. The van der Waals surface area contributed by atoms with Gasteiger partial charge in [-0.15, -0.1) is 0 Å². The van der Waals surface area contributed by atoms with Crippen molar-refractivity contribution in [2.24, 2.45) is 0 Å². The predicted octanol–water partition coefficient (Wildman–Crippen LogP) is 1.19. The molecule has 2 N–H and O–H groups in total. The lowest BCUT2D eigenvalue weighted by Gasteiger charge is -2.10. The fourth-order valence-corrected chi connectivity index (χ4v) is 1.64. The van der Waals surface area contributed by atoms with Crippen LogP contribution in [0.2, 0.25) is 0 Å². The van der Waals surface area contributed by atoms with Crippen LogP contribution in [0.1, 0.15) is 23.2 Å². The van der Waals surface area contributed by atoms with Gasteiger partial charge < -0.3 is 15.5 Å². The van der Waals surface area contributed by atoms with Crippen LogP contribution in [0.15, 0.2) is 18.5 Å². The van der Waals surface area contributed by atoms with Crippen LogP contribution >= 0.6 is 0 Å². The van der Waals surface area contributed by atoms with Gasteiger partial charge in [-0.2, -0.15) is 0 Å². The maximum Gasteiger partial charge on any atom is 0.253 e. The zero-order valence-electron chi connectivity index (χ0n) is 11.4. The van der Waals surface area contributed by atoms with Crippen LogP contribution in [0.3, 0.4) is 0 Å². The van der Waals surface area contributed by atoms with Crippen molar-refractivity contribution in [3.8, 4) is 0 Å². The second-order valence-electron chi connectivity index (χ2n) is 4.44. The van der Waals surface area contributed by atoms with Gasteiger partial charge in [-0.3, -0.25) is 9.78 Å². The third-order valence-corrected chi connectivity index (χ3v) is 2.65. The molecule has 1 aromatic rings. The van der Waals surface area contributed by atoms with Crippen molar-refractivity contribution in [2.75, 3.05) is 39.5 Å². The summed E-state index contributed by atoms with van der Waals surface area (Å²) < 4.78 is 0. The maximum absolute atomic E-state index is 11.9. The maximum atomic E-state index is 11.9. The molecule has 5 nitrogen and oxygen atoms in total. The number of amides is 1. The smallest absolute Gasteiger partial charge is 0.253 e. The molecule has 0 saturated carbocycles. The van der Waals surface area contributed by atoms with Gasteiger partial charge in [0.05, 0.1) is 17.4 Å². The van der Waals surface area contributed by atoms with E-state index in [1.54, 1.807) is 25.5 Å². The average Bonchev–Trinajstić information content (AvgIpc) is 2.37. The lowest BCUT2D eigenvalue weighted by atomic mass is 10.2. The van der Waals surface area contributed by atoms with Gasteiger partial charge in [-0.05, 0) is 39.5 Å². The number of hydrogen-bond acceptors (Lipinski definition) is 4. The Hall–Kier alpha value is -1.62. The number of nitrogens with zero attached hydrogens (tertiary/aromatic N) is 2. The molecule has 0 fully saturated rings. The van der Waals surface area contributed by atoms with E-state index in [0.717, 1.165) is 25.1 Å². The lowest BCUT2D eigenvalue weighted by Crippen LogP contribution is -2.26. The summed E-state index contributed by atoms with van der Waals surface area (Å²) in [4.78, 5) is 18.1. The quantitative estimate of drug-likeness (QED) is 0.714. The summed E-state index contributed by atoms with van der Waals surface area (Å²) in [5.74, 6) is -0.0494. The zero-order chi connectivity index (χ0) is 13.4. The number of rotatable bonds is 7. The second-order valence-corrected chi connectivity index (χ2v) is 4.44. The van der Waals surface area contributed by atoms with Gasteiger partial charge in [0.1, 0.15) is 0 Å². The molecule has 1 amide bonds. The van der Waals surface area contributed by atoms with E-state index in [0.29, 0.717) is 12.1 Å². The standard InChI is InChI=1S/C13H22N4O/c1-14-12-10-15-8-6-11(12)13(18)16-7-4-5-9-17(2)3/h6,8,10,14H,4-5,7,9H2,1-3H3,(H,16,18). The summed E-state index contributed by atoms with van der Waals surface area (Å²) in [6.07, 6.45) is 5.36. The van der Waals surface area contributed by atoms with Crippen LogP contribution in [-0.2, 0) is 0 Å². The fraction of sp³-hybridized carbons (Fsp3) is 0.538. The number of carbonyl (C=O) groups excluding carboxylic acids is 1. The molecule has 1 heterocycles. The van der Waals surface area contributed by atoms with Gasteiger partial charge in [0.15, 0.2) is 0 Å². The summed E-state index contributed by atoms with van der Waals surface area (Å²) in [7, 11) is 5.88. The van der Waals surface area contributed by atoms with Crippen LogP contribution in [0.4, 0.5) is 5.69 Å². The third kappa shape index (κ3) is 4.71. The molecule has 0 spiro atoms. The van der Waals surface area contributed by atoms with Gasteiger partial charge in [0, 0.05) is 19.8 Å². The minimum absolute atomic E-state index is 0.0494. The highest BCUT2D eigenvalue weighted by atomic mass is 16.1. The molecule has 0 aliphatic heterocycles. The Balaban J connectivity index is 2.36. The van der Waals surface area contributed by atoms with E-state index in [1.165, 1.54) is 0 Å². The number of nitrogens with one attached hydrogen (secondary N) is 2. The Morgan fingerprint density at radius 2 is 2.17 bits per heavy atom. The van der Waals surface area contributed by atoms with E-state index in [-0.39, 0.29) is 5.91 Å². The van der Waals surface area contributed by atoms with E-state index >= 15 is 0 Å². The Morgan fingerprint density at radius 3 is 2.83 bits per heavy atom. The van der Waals surface area contributed by atoms with E-state index in [9.17, 15) is 4.79 Å². The summed E-state index contributed by atoms with van der Waals surface area (Å²) >= 11 is 0. The first-order valence-corrected chi connectivity index (χ1v) is 6.20. The van der Waals surface area contributed by atoms with E-state index < -0.39 is 0 Å². The average molecular weight is 250 g/mol. The van der Waals surface area contributed by atoms with E-state index in [1.807, 2.05) is 0 Å². The van der Waals surface area contributed by atoms with Crippen molar-refractivity contribution in [3.63, 3.8) is 0 Å². The summed E-state index contributed by atoms with van der Waals surface area (Å²) in [6.45, 7) is 1.76. The number of pyridine rings is 1. The number of hydrogen-bond donors (Lipinski definition) is 2. The normalized spacial score (nSPS) is 10.4. The van der Waals surface area contributed by atoms with E-state index in [4.69, 9.17) is 0 Å². The number of carbonyl (C=O) groups is 1. The SMILES string of the molecule is CNc1cnccc1C(=O)NCCCCN(C)C. The van der Waals surface area contributed by atoms with Crippen molar-refractivity contribution in [1.29, 1.82) is 0 Å². The Labute approximate surface area is 109 Å². The Morgan fingerprint density at radius 1 is 1.39 bits per heavy atom. The molecular weight excluding hydrogens is 228 g/mol. The van der Waals surface area contributed by atoms with Crippen molar-refractivity contribution in [2.45, 2.75) is 12.8 Å². The predicted molar refractivity (Wildman–Crippen MR) is 73.9 cm³/mol. The minimum atomic E-state index is -0.0494. The van der Waals surface area contributed by atoms with Crippen molar-refractivity contribution in [1.82, 2.24) is 15.2 Å². The molecule has 0 aliphatic rings. The summed E-state index contributed by atoms with van der Waals surface area (Å²) in [6, 6.07) is 1.72. The topological polar surface area (TPSA) is 57.3 Å². The molecule has 1 rings (SSSR count). The Kier molecular flexibility index (Phi) is 6.14. The summed E-state index contributed by atoms with van der Waals surface area (Å²) in [5, 5.41) is 5.89. The number of anilines is 1. The second kappa shape index (κ2) is 7.66. The molecule has 0 aromatic carbocycles. The molecule has 0 unspecified atom stereocenters. The number of unbranched alkanes of at least 4 members (excludes halogenated alkanes) is 1. The third-order valence-electron chi connectivity index (χ3n) is 2.65. The highest BCUT2D eigenvalue weighted by Crippen LogP contribution is 2.11. The first-order chi connectivity index (χ1) is 8.65. The minimum Gasteiger partial charge on any atom is -0.386 e. The monoisotopic (exact) mass is 250 g/mol. The molecule has 0 atom stereocenters. The molecule has 0 saturated heterocycles. The molecule has 18 heavy (non-hydrogen) atoms. The van der Waals surface area contributed by atoms with Crippen LogP contribution in [-0.4, -0.2) is 50.0 Å². The first kappa shape index (κ1) is 14.4. The molecule has 0 bridgehead atoms. The van der Waals surface area contributed by atoms with Crippen LogP contribution < -0.4 is 10.6 Å². The highest BCUT2D eigenvalue weighted by Gasteiger charge is 2.09. The van der Waals surface area contributed by atoms with Gasteiger partial charge in [-0.1, -0.05) is 0 Å². The molecule has 5 heteroatoms. The molecule has 1 aromatic heterocycles. The van der Waals surface area contributed by atoms with Crippen LogP contribution in [0.25, 0.3) is 0 Å². The summed E-state index contributed by atoms with van der Waals surface area (Å²) in [5.41, 5.74) is 1.39. The van der Waals surface area contributed by atoms with Gasteiger partial charge in [0.25, 0.3) is 5.91 Å². The van der Waals surface area contributed by atoms with Gasteiger partial charge in [-0.25, -0.2) is 0 Å². The highest BCUT2D eigenvalue weighted by molar-refractivity contribution is 5.99. The Bertz CT molecular complexity index is 379. The first-order valence-electron chi connectivity index (χ1n) is 6.20. The number of aromatic nitrogens is 1. The van der Waals surface area contributed by atoms with E-state index in [2.05, 4.69) is 34.6 Å². The van der Waals surface area contributed by atoms with Crippen LogP contribution in [0, 0.1) is 0 Å². The molecule has 0 aliphatic carbocycles.